The Labute approximate surface area is 179 Å². The second kappa shape index (κ2) is 8.98. The molecule has 0 amide bonds. The number of ketones is 1. The maximum absolute atomic E-state index is 14.5. The molecule has 0 aliphatic carbocycles. The largest absolute Gasteiger partial charge is 0.386 e. The van der Waals surface area contributed by atoms with Crippen LogP contribution in [0.25, 0.3) is 0 Å². The van der Waals surface area contributed by atoms with Gasteiger partial charge in [-0.15, -0.1) is 0 Å². The smallest absolute Gasteiger partial charge is 0.185 e. The highest BCUT2D eigenvalue weighted by molar-refractivity contribution is 7.92. The summed E-state index contributed by atoms with van der Waals surface area (Å²) in [5.74, 6) is -1.55. The van der Waals surface area contributed by atoms with E-state index in [0.717, 1.165) is 5.56 Å². The van der Waals surface area contributed by atoms with Crippen LogP contribution in [0, 0.1) is 5.82 Å². The van der Waals surface area contributed by atoms with E-state index in [1.807, 2.05) is 27.7 Å². The van der Waals surface area contributed by atoms with Gasteiger partial charge in [0.25, 0.3) is 0 Å². The Hall–Kier alpha value is -2.05. The summed E-state index contributed by atoms with van der Waals surface area (Å²) in [5, 5.41) is 10.0. The Morgan fingerprint density at radius 3 is 2.03 bits per heavy atom. The lowest BCUT2D eigenvalue weighted by Crippen LogP contribution is -2.21. The lowest BCUT2D eigenvalue weighted by molar-refractivity contribution is -0.116. The summed E-state index contributed by atoms with van der Waals surface area (Å²) in [5.41, 5.74) is 1.42. The summed E-state index contributed by atoms with van der Waals surface area (Å²) >= 11 is 0. The molecule has 1 N–H and O–H groups in total. The highest BCUT2D eigenvalue weighted by Gasteiger charge is 2.25. The van der Waals surface area contributed by atoms with Gasteiger partial charge in [0, 0.05) is 6.42 Å². The van der Waals surface area contributed by atoms with Gasteiger partial charge in [0.15, 0.2) is 15.6 Å². The molecule has 0 atom stereocenters. The average Bonchev–Trinajstić information content (AvgIpc) is 2.60. The third-order valence-electron chi connectivity index (χ3n) is 5.18. The summed E-state index contributed by atoms with van der Waals surface area (Å²) in [6.45, 7) is 10.9. The number of Topliss-reactive ketones (excluding diaryl/α,β-unsaturated/α-hetero) is 1. The van der Waals surface area contributed by atoms with Crippen molar-refractivity contribution in [3.63, 3.8) is 0 Å². The highest BCUT2D eigenvalue weighted by atomic mass is 32.2. The number of halogens is 1. The van der Waals surface area contributed by atoms with Crippen LogP contribution in [0.4, 0.5) is 4.39 Å². The molecule has 0 aliphatic heterocycles. The lowest BCUT2D eigenvalue weighted by atomic mass is 9.86. The van der Waals surface area contributed by atoms with Crippen molar-refractivity contribution in [2.75, 3.05) is 5.75 Å². The van der Waals surface area contributed by atoms with Gasteiger partial charge in [0.2, 0.25) is 0 Å². The fourth-order valence-corrected chi connectivity index (χ4v) is 4.87. The molecule has 0 aliphatic rings. The maximum atomic E-state index is 14.5. The van der Waals surface area contributed by atoms with Gasteiger partial charge >= 0.3 is 0 Å². The van der Waals surface area contributed by atoms with Crippen molar-refractivity contribution in [2.24, 2.45) is 0 Å². The second-order valence-corrected chi connectivity index (χ2v) is 10.9. The van der Waals surface area contributed by atoms with Crippen LogP contribution in [0.2, 0.25) is 0 Å². The van der Waals surface area contributed by atoms with Gasteiger partial charge in [-0.2, -0.15) is 0 Å². The molecule has 0 unspecified atom stereocenters. The minimum atomic E-state index is -3.84. The number of sulfone groups is 1. The van der Waals surface area contributed by atoms with Crippen LogP contribution in [0.15, 0.2) is 41.3 Å². The van der Waals surface area contributed by atoms with Crippen molar-refractivity contribution in [3.05, 3.63) is 64.5 Å². The summed E-state index contributed by atoms with van der Waals surface area (Å²) < 4.78 is 40.0. The molecule has 0 saturated carbocycles. The van der Waals surface area contributed by atoms with E-state index < -0.39 is 27.0 Å². The van der Waals surface area contributed by atoms with Gasteiger partial charge < -0.3 is 5.11 Å². The Morgan fingerprint density at radius 2 is 1.57 bits per heavy atom. The number of hydrogen-bond donors (Lipinski definition) is 1. The molecule has 0 heterocycles. The number of benzene rings is 2. The van der Waals surface area contributed by atoms with Crippen LogP contribution >= 0.6 is 0 Å². The molecule has 4 nitrogen and oxygen atoms in total. The average molecular weight is 435 g/mol. The summed E-state index contributed by atoms with van der Waals surface area (Å²) in [4.78, 5) is 12.8. The quantitative estimate of drug-likeness (QED) is 0.642. The minimum absolute atomic E-state index is 0.0243. The molecular weight excluding hydrogens is 403 g/mol. The summed E-state index contributed by atoms with van der Waals surface area (Å²) in [6, 6.07) is 8.97. The topological polar surface area (TPSA) is 71.4 Å². The summed E-state index contributed by atoms with van der Waals surface area (Å²) in [6.07, 6.45) is -0.125. The fraction of sp³-hybridized carbons (Fsp3) is 0.458. The molecule has 6 heteroatoms. The normalized spacial score (nSPS) is 12.6. The molecule has 0 aromatic heterocycles. The van der Waals surface area contributed by atoms with Gasteiger partial charge in [0.05, 0.1) is 10.5 Å². The zero-order valence-electron chi connectivity index (χ0n) is 18.5. The van der Waals surface area contributed by atoms with Crippen LogP contribution in [0.3, 0.4) is 0 Å². The predicted octanol–water partition coefficient (Wildman–Crippen LogP) is 4.89. The number of hydrogen-bond acceptors (Lipinski definition) is 4. The SMILES string of the molecule is CC(C)c1ccc(F)c(C(C)C)c1CC(=O)CS(=O)(=O)c1ccc(C(C)(C)O)cc1. The Morgan fingerprint density at radius 1 is 1.00 bits per heavy atom. The first-order valence-corrected chi connectivity index (χ1v) is 11.8. The third kappa shape index (κ3) is 5.55. The van der Waals surface area contributed by atoms with E-state index in [9.17, 15) is 22.7 Å². The zero-order chi connectivity index (χ0) is 22.9. The highest BCUT2D eigenvalue weighted by Crippen LogP contribution is 2.31. The molecule has 0 saturated heterocycles. The molecule has 2 rings (SSSR count). The standard InChI is InChI=1S/C24H31FO4S/c1-15(2)20-11-12-22(25)23(16(3)4)21(20)13-18(26)14-30(28,29)19-9-7-17(8-10-19)24(5,6)27/h7-12,15-16,27H,13-14H2,1-6H3. The number of carbonyl (C=O) groups excluding carboxylic acids is 1. The molecular formula is C24H31FO4S. The van der Waals surface area contributed by atoms with Gasteiger partial charge in [-0.05, 0) is 66.1 Å². The Kier molecular flexibility index (Phi) is 7.25. The molecule has 0 radical (unpaired) electrons. The van der Waals surface area contributed by atoms with Crippen molar-refractivity contribution in [1.29, 1.82) is 0 Å². The van der Waals surface area contributed by atoms with E-state index >= 15 is 0 Å². The van der Waals surface area contributed by atoms with E-state index in [0.29, 0.717) is 16.7 Å². The maximum Gasteiger partial charge on any atom is 0.185 e. The van der Waals surface area contributed by atoms with Crippen molar-refractivity contribution in [1.82, 2.24) is 0 Å². The molecule has 2 aromatic carbocycles. The predicted molar refractivity (Wildman–Crippen MR) is 117 cm³/mol. The van der Waals surface area contributed by atoms with Crippen molar-refractivity contribution in [3.8, 4) is 0 Å². The van der Waals surface area contributed by atoms with E-state index in [4.69, 9.17) is 0 Å². The van der Waals surface area contributed by atoms with Gasteiger partial charge in [0.1, 0.15) is 11.6 Å². The first-order chi connectivity index (χ1) is 13.7. The van der Waals surface area contributed by atoms with Gasteiger partial charge in [-0.1, -0.05) is 45.9 Å². The first-order valence-electron chi connectivity index (χ1n) is 10.1. The van der Waals surface area contributed by atoms with Crippen LogP contribution in [-0.2, 0) is 26.7 Å². The van der Waals surface area contributed by atoms with Gasteiger partial charge in [-0.3, -0.25) is 4.79 Å². The number of rotatable bonds is 8. The van der Waals surface area contributed by atoms with Crippen LogP contribution in [-0.4, -0.2) is 25.1 Å². The number of carbonyl (C=O) groups is 1. The molecule has 164 valence electrons. The first kappa shape index (κ1) is 24.2. The molecule has 0 fully saturated rings. The van der Waals surface area contributed by atoms with Crippen LogP contribution in [0.1, 0.15) is 75.6 Å². The van der Waals surface area contributed by atoms with Crippen LogP contribution in [0.5, 0.6) is 0 Å². The molecule has 30 heavy (non-hydrogen) atoms. The van der Waals surface area contributed by atoms with Crippen molar-refractivity contribution in [2.45, 2.75) is 70.3 Å². The van der Waals surface area contributed by atoms with E-state index in [1.54, 1.807) is 19.9 Å². The monoisotopic (exact) mass is 434 g/mol. The lowest BCUT2D eigenvalue weighted by Gasteiger charge is -2.20. The Bertz CT molecular complexity index is 1010. The zero-order valence-corrected chi connectivity index (χ0v) is 19.3. The van der Waals surface area contributed by atoms with E-state index in [2.05, 4.69) is 0 Å². The molecule has 2 aromatic rings. The van der Waals surface area contributed by atoms with E-state index in [1.165, 1.54) is 30.3 Å². The second-order valence-electron chi connectivity index (χ2n) is 8.90. The van der Waals surface area contributed by atoms with Crippen LogP contribution < -0.4 is 0 Å². The fourth-order valence-electron chi connectivity index (χ4n) is 3.63. The molecule has 0 spiro atoms. The number of aliphatic hydroxyl groups is 1. The molecule has 0 bridgehead atoms. The van der Waals surface area contributed by atoms with Gasteiger partial charge in [-0.25, -0.2) is 12.8 Å². The van der Waals surface area contributed by atoms with E-state index in [-0.39, 0.29) is 29.0 Å². The van der Waals surface area contributed by atoms with Crippen molar-refractivity contribution >= 4 is 15.6 Å². The minimum Gasteiger partial charge on any atom is -0.386 e. The summed E-state index contributed by atoms with van der Waals surface area (Å²) in [7, 11) is -3.84. The Balaban J connectivity index is 2.32. The third-order valence-corrected chi connectivity index (χ3v) is 6.88. The van der Waals surface area contributed by atoms with Crippen molar-refractivity contribution < 1.29 is 22.7 Å².